The number of ether oxygens (including phenoxy) is 1. The molecule has 1 saturated heterocycles. The zero-order valence-electron chi connectivity index (χ0n) is 9.98. The smallest absolute Gasteiger partial charge is 0.241 e. The fourth-order valence-electron chi connectivity index (χ4n) is 2.40. The maximum Gasteiger partial charge on any atom is 0.241 e. The summed E-state index contributed by atoms with van der Waals surface area (Å²) in [6.45, 7) is 1.75. The molecule has 0 saturated carbocycles. The van der Waals surface area contributed by atoms with Gasteiger partial charge in [0.1, 0.15) is 0 Å². The van der Waals surface area contributed by atoms with E-state index in [0.717, 1.165) is 11.3 Å². The van der Waals surface area contributed by atoms with Gasteiger partial charge in [0.2, 0.25) is 5.91 Å². The number of β-amino-alcohol motifs (C(OH)–C–C–N with tert-alkyl or cyclic N) is 1. The van der Waals surface area contributed by atoms with Crippen molar-refractivity contribution in [3.8, 4) is 0 Å². The average molecular weight is 248 g/mol. The SMILES string of the molecule is O=C(Nc1ccc2c(c1)COC2)C1CC(O)CN1. The predicted molar refractivity (Wildman–Crippen MR) is 66.0 cm³/mol. The molecule has 0 aliphatic carbocycles. The molecule has 1 amide bonds. The first-order valence-electron chi connectivity index (χ1n) is 6.14. The number of carbonyl (C=O) groups is 1. The van der Waals surface area contributed by atoms with Gasteiger partial charge in [0, 0.05) is 12.2 Å². The molecule has 2 heterocycles. The minimum Gasteiger partial charge on any atom is -0.392 e. The number of hydrogen-bond acceptors (Lipinski definition) is 4. The Morgan fingerprint density at radius 1 is 1.39 bits per heavy atom. The molecule has 0 spiro atoms. The molecule has 5 nitrogen and oxygen atoms in total. The number of amides is 1. The second-order valence-electron chi connectivity index (χ2n) is 4.82. The van der Waals surface area contributed by atoms with E-state index in [9.17, 15) is 9.90 Å². The van der Waals surface area contributed by atoms with Gasteiger partial charge in [0.05, 0.1) is 25.4 Å². The first kappa shape index (κ1) is 11.6. The van der Waals surface area contributed by atoms with E-state index in [2.05, 4.69) is 10.6 Å². The molecule has 3 rings (SSSR count). The van der Waals surface area contributed by atoms with Gasteiger partial charge in [-0.25, -0.2) is 0 Å². The highest BCUT2D eigenvalue weighted by atomic mass is 16.5. The summed E-state index contributed by atoms with van der Waals surface area (Å²) in [4.78, 5) is 11.9. The van der Waals surface area contributed by atoms with Gasteiger partial charge in [0.25, 0.3) is 0 Å². The fourth-order valence-corrected chi connectivity index (χ4v) is 2.40. The summed E-state index contributed by atoms with van der Waals surface area (Å²) in [5.74, 6) is -0.0922. The molecule has 96 valence electrons. The third kappa shape index (κ3) is 2.25. The van der Waals surface area contributed by atoms with Gasteiger partial charge in [0.15, 0.2) is 0 Å². The van der Waals surface area contributed by atoms with E-state index >= 15 is 0 Å². The van der Waals surface area contributed by atoms with Crippen molar-refractivity contribution < 1.29 is 14.6 Å². The average Bonchev–Trinajstić information content (AvgIpc) is 2.96. The summed E-state index contributed by atoms with van der Waals surface area (Å²) in [6, 6.07) is 5.52. The van der Waals surface area contributed by atoms with E-state index in [0.29, 0.717) is 26.2 Å². The Balaban J connectivity index is 1.67. The zero-order chi connectivity index (χ0) is 12.5. The van der Waals surface area contributed by atoms with Crippen LogP contribution in [0.5, 0.6) is 0 Å². The second kappa shape index (κ2) is 4.68. The van der Waals surface area contributed by atoms with Gasteiger partial charge in [-0.05, 0) is 29.7 Å². The fraction of sp³-hybridized carbons (Fsp3) is 0.462. The zero-order valence-corrected chi connectivity index (χ0v) is 9.98. The minimum absolute atomic E-state index is 0.0922. The maximum absolute atomic E-state index is 11.9. The molecule has 2 atom stereocenters. The number of fused-ring (bicyclic) bond motifs is 1. The van der Waals surface area contributed by atoms with Crippen molar-refractivity contribution in [1.82, 2.24) is 5.32 Å². The Bertz CT molecular complexity index is 475. The molecular formula is C13H16N2O3. The van der Waals surface area contributed by atoms with E-state index in [-0.39, 0.29) is 11.9 Å². The largest absolute Gasteiger partial charge is 0.392 e. The predicted octanol–water partition coefficient (Wildman–Crippen LogP) is 0.378. The molecule has 1 fully saturated rings. The highest BCUT2D eigenvalue weighted by molar-refractivity contribution is 5.95. The molecule has 5 heteroatoms. The summed E-state index contributed by atoms with van der Waals surface area (Å²) in [5.41, 5.74) is 3.10. The summed E-state index contributed by atoms with van der Waals surface area (Å²) in [5, 5.41) is 15.2. The van der Waals surface area contributed by atoms with Gasteiger partial charge >= 0.3 is 0 Å². The third-order valence-corrected chi connectivity index (χ3v) is 3.41. The summed E-state index contributed by atoms with van der Waals surface area (Å²) in [6.07, 6.45) is 0.0500. The highest BCUT2D eigenvalue weighted by Crippen LogP contribution is 2.23. The number of aliphatic hydroxyl groups is 1. The van der Waals surface area contributed by atoms with Crippen LogP contribution in [-0.2, 0) is 22.7 Å². The first-order valence-corrected chi connectivity index (χ1v) is 6.14. The van der Waals surface area contributed by atoms with Crippen molar-refractivity contribution in [2.24, 2.45) is 0 Å². The van der Waals surface area contributed by atoms with Crippen molar-refractivity contribution in [3.63, 3.8) is 0 Å². The quantitative estimate of drug-likeness (QED) is 0.707. The number of benzene rings is 1. The molecule has 2 aliphatic heterocycles. The lowest BCUT2D eigenvalue weighted by molar-refractivity contribution is -0.117. The Kier molecular flexibility index (Phi) is 3.03. The minimum atomic E-state index is -0.422. The number of nitrogens with one attached hydrogen (secondary N) is 2. The number of hydrogen-bond donors (Lipinski definition) is 3. The van der Waals surface area contributed by atoms with Gasteiger partial charge in [-0.15, -0.1) is 0 Å². The standard InChI is InChI=1S/C13H16N2O3/c16-11-4-12(14-5-11)13(17)15-10-2-1-8-6-18-7-9(8)3-10/h1-3,11-12,14,16H,4-7H2,(H,15,17). The van der Waals surface area contributed by atoms with Crippen LogP contribution in [0.4, 0.5) is 5.69 Å². The van der Waals surface area contributed by atoms with Crippen LogP contribution in [0.1, 0.15) is 17.5 Å². The summed E-state index contributed by atoms with van der Waals surface area (Å²) in [7, 11) is 0. The van der Waals surface area contributed by atoms with Crippen LogP contribution in [0.2, 0.25) is 0 Å². The topological polar surface area (TPSA) is 70.6 Å². The van der Waals surface area contributed by atoms with Crippen LogP contribution in [-0.4, -0.2) is 29.7 Å². The van der Waals surface area contributed by atoms with Crippen molar-refractivity contribution in [3.05, 3.63) is 29.3 Å². The Morgan fingerprint density at radius 2 is 2.22 bits per heavy atom. The lowest BCUT2D eigenvalue weighted by Crippen LogP contribution is -2.35. The molecule has 0 aromatic heterocycles. The Labute approximate surface area is 105 Å². The Hall–Kier alpha value is -1.43. The lowest BCUT2D eigenvalue weighted by atomic mass is 10.1. The van der Waals surface area contributed by atoms with Gasteiger partial charge in [-0.2, -0.15) is 0 Å². The van der Waals surface area contributed by atoms with Crippen LogP contribution in [0.25, 0.3) is 0 Å². The van der Waals surface area contributed by atoms with Gasteiger partial charge in [-0.1, -0.05) is 6.07 Å². The van der Waals surface area contributed by atoms with Crippen molar-refractivity contribution >= 4 is 11.6 Å². The van der Waals surface area contributed by atoms with E-state index in [4.69, 9.17) is 4.74 Å². The molecule has 3 N–H and O–H groups in total. The summed E-state index contributed by atoms with van der Waals surface area (Å²) < 4.78 is 5.33. The van der Waals surface area contributed by atoms with E-state index in [1.54, 1.807) is 0 Å². The van der Waals surface area contributed by atoms with E-state index in [1.807, 2.05) is 18.2 Å². The Morgan fingerprint density at radius 3 is 3.00 bits per heavy atom. The van der Waals surface area contributed by atoms with Crippen LogP contribution >= 0.6 is 0 Å². The molecule has 1 aromatic carbocycles. The lowest BCUT2D eigenvalue weighted by Gasteiger charge is -2.11. The van der Waals surface area contributed by atoms with E-state index in [1.165, 1.54) is 5.56 Å². The van der Waals surface area contributed by atoms with E-state index < -0.39 is 6.10 Å². The van der Waals surface area contributed by atoms with Crippen LogP contribution < -0.4 is 10.6 Å². The molecular weight excluding hydrogens is 232 g/mol. The maximum atomic E-state index is 11.9. The molecule has 18 heavy (non-hydrogen) atoms. The molecule has 1 aromatic rings. The van der Waals surface area contributed by atoms with Crippen LogP contribution in [0, 0.1) is 0 Å². The molecule has 0 radical (unpaired) electrons. The monoisotopic (exact) mass is 248 g/mol. The number of anilines is 1. The van der Waals surface area contributed by atoms with Crippen molar-refractivity contribution in [2.45, 2.75) is 31.8 Å². The third-order valence-electron chi connectivity index (χ3n) is 3.41. The molecule has 2 unspecified atom stereocenters. The van der Waals surface area contributed by atoms with Crippen LogP contribution in [0.15, 0.2) is 18.2 Å². The van der Waals surface area contributed by atoms with Gasteiger partial charge in [-0.3, -0.25) is 4.79 Å². The van der Waals surface area contributed by atoms with Gasteiger partial charge < -0.3 is 20.5 Å². The molecule has 0 bridgehead atoms. The van der Waals surface area contributed by atoms with Crippen molar-refractivity contribution in [2.75, 3.05) is 11.9 Å². The normalized spacial score (nSPS) is 26.1. The first-order chi connectivity index (χ1) is 8.72. The van der Waals surface area contributed by atoms with Crippen LogP contribution in [0.3, 0.4) is 0 Å². The second-order valence-corrected chi connectivity index (χ2v) is 4.82. The number of aliphatic hydroxyl groups excluding tert-OH is 1. The number of rotatable bonds is 2. The van der Waals surface area contributed by atoms with Crippen molar-refractivity contribution in [1.29, 1.82) is 0 Å². The number of carbonyl (C=O) groups excluding carboxylic acids is 1. The highest BCUT2D eigenvalue weighted by Gasteiger charge is 2.28. The molecule has 2 aliphatic rings. The summed E-state index contributed by atoms with van der Waals surface area (Å²) >= 11 is 0.